The summed E-state index contributed by atoms with van der Waals surface area (Å²) in [5.74, 6) is 1.91. The van der Waals surface area contributed by atoms with Gasteiger partial charge < -0.3 is 46.4 Å². The van der Waals surface area contributed by atoms with Crippen LogP contribution in [0.2, 0.25) is 0 Å². The van der Waals surface area contributed by atoms with Crippen LogP contribution in [0, 0.1) is 40.8 Å². The summed E-state index contributed by atoms with van der Waals surface area (Å²) >= 11 is 0. The molecule has 235 valence electrons. The van der Waals surface area contributed by atoms with E-state index in [4.69, 9.17) is 15.0 Å². The Hall–Kier alpha value is -1.25. The SMILES string of the molecule is CCCCCCCCn1c(-c2cccc(-c3nc4ccccc4n3CCCCCCCC)n2)nc2ccccc21.[Cl-].[Cl-].[Cl-].[Nd+3]. The van der Waals surface area contributed by atoms with Crippen molar-refractivity contribution >= 4 is 22.1 Å². The van der Waals surface area contributed by atoms with E-state index in [0.29, 0.717) is 0 Å². The van der Waals surface area contributed by atoms with E-state index >= 15 is 0 Å². The van der Waals surface area contributed by atoms with Crippen LogP contribution in [0.4, 0.5) is 0 Å². The molecule has 0 spiro atoms. The second-order valence-corrected chi connectivity index (χ2v) is 11.1. The minimum atomic E-state index is 0. The van der Waals surface area contributed by atoms with E-state index < -0.39 is 0 Å². The van der Waals surface area contributed by atoms with Crippen molar-refractivity contribution in [3.8, 4) is 23.0 Å². The predicted molar refractivity (Wildman–Crippen MR) is 168 cm³/mol. The summed E-state index contributed by atoms with van der Waals surface area (Å²) in [6, 6.07) is 23.3. The van der Waals surface area contributed by atoms with Crippen LogP contribution >= 0.6 is 0 Å². The Bertz CT molecular complexity index is 1410. The number of hydrogen-bond acceptors (Lipinski definition) is 3. The van der Waals surface area contributed by atoms with E-state index in [2.05, 4.69) is 89.7 Å². The van der Waals surface area contributed by atoms with Crippen molar-refractivity contribution in [3.05, 3.63) is 66.7 Å². The third-order valence-electron chi connectivity index (χ3n) is 7.99. The van der Waals surface area contributed by atoms with E-state index in [9.17, 15) is 0 Å². The number of imidazole rings is 2. The Morgan fingerprint density at radius 1 is 0.455 bits per heavy atom. The maximum atomic E-state index is 5.20. The van der Waals surface area contributed by atoms with Crippen LogP contribution in [-0.2, 0) is 13.1 Å². The van der Waals surface area contributed by atoms with Crippen molar-refractivity contribution in [1.29, 1.82) is 0 Å². The summed E-state index contributed by atoms with van der Waals surface area (Å²) in [7, 11) is 0. The van der Waals surface area contributed by atoms with Gasteiger partial charge in [0.25, 0.3) is 0 Å². The van der Waals surface area contributed by atoms with Crippen molar-refractivity contribution in [1.82, 2.24) is 24.1 Å². The zero-order valence-electron chi connectivity index (χ0n) is 26.1. The number of fused-ring (bicyclic) bond motifs is 2. The predicted octanol–water partition coefficient (Wildman–Crippen LogP) is 0.848. The summed E-state index contributed by atoms with van der Waals surface area (Å²) in [6.07, 6.45) is 15.3. The molecule has 2 aromatic carbocycles. The number of pyridine rings is 1. The van der Waals surface area contributed by atoms with Gasteiger partial charge in [-0.25, -0.2) is 15.0 Å². The fourth-order valence-electron chi connectivity index (χ4n) is 5.78. The number of nitrogens with zero attached hydrogens (tertiary/aromatic N) is 5. The molecule has 0 saturated carbocycles. The number of rotatable bonds is 16. The van der Waals surface area contributed by atoms with E-state index in [1.807, 2.05) is 0 Å². The van der Waals surface area contributed by atoms with Crippen LogP contribution in [0.5, 0.6) is 0 Å². The van der Waals surface area contributed by atoms with Gasteiger partial charge >= 0.3 is 40.8 Å². The molecule has 5 aromatic rings. The minimum Gasteiger partial charge on any atom is -1.00 e. The van der Waals surface area contributed by atoms with Crippen LogP contribution in [0.25, 0.3) is 45.1 Å². The molecule has 0 aliphatic rings. The molecule has 0 atom stereocenters. The quantitative estimate of drug-likeness (QED) is 0.140. The largest absolute Gasteiger partial charge is 3.00 e. The number of para-hydroxylation sites is 4. The molecular formula is C35H45Cl3N5Nd. The Morgan fingerprint density at radius 3 is 1.27 bits per heavy atom. The number of aryl methyl sites for hydroxylation is 2. The summed E-state index contributed by atoms with van der Waals surface area (Å²) in [5, 5.41) is 0. The second-order valence-electron chi connectivity index (χ2n) is 11.1. The smallest absolute Gasteiger partial charge is 1.00 e. The Morgan fingerprint density at radius 2 is 0.841 bits per heavy atom. The van der Waals surface area contributed by atoms with Crippen LogP contribution in [0.3, 0.4) is 0 Å². The van der Waals surface area contributed by atoms with E-state index in [0.717, 1.165) is 60.0 Å². The molecule has 0 N–H and O–H groups in total. The van der Waals surface area contributed by atoms with Crippen molar-refractivity contribution < 1.29 is 78.1 Å². The molecule has 1 radical (unpaired) electrons. The Kier molecular flexibility index (Phi) is 19.9. The molecule has 44 heavy (non-hydrogen) atoms. The molecule has 0 amide bonds. The van der Waals surface area contributed by atoms with Crippen LogP contribution in [0.15, 0.2) is 66.7 Å². The molecule has 3 heterocycles. The summed E-state index contributed by atoms with van der Waals surface area (Å²) < 4.78 is 4.75. The van der Waals surface area contributed by atoms with Gasteiger partial charge in [-0.05, 0) is 49.2 Å². The Balaban J connectivity index is 0.00000242. The Labute approximate surface area is 315 Å². The first kappa shape index (κ1) is 40.8. The molecule has 0 aliphatic carbocycles. The average Bonchev–Trinajstić information content (AvgIpc) is 3.55. The van der Waals surface area contributed by atoms with Gasteiger partial charge in [0.05, 0.1) is 22.1 Å². The normalized spacial score (nSPS) is 10.6. The van der Waals surface area contributed by atoms with Gasteiger partial charge in [0.2, 0.25) is 0 Å². The molecule has 5 rings (SSSR count). The van der Waals surface area contributed by atoms with Gasteiger partial charge in [0.1, 0.15) is 11.4 Å². The molecule has 9 heteroatoms. The first-order valence-corrected chi connectivity index (χ1v) is 15.7. The fourth-order valence-corrected chi connectivity index (χ4v) is 5.78. The molecule has 0 saturated heterocycles. The van der Waals surface area contributed by atoms with Crippen molar-refractivity contribution in [3.63, 3.8) is 0 Å². The summed E-state index contributed by atoms with van der Waals surface area (Å²) in [4.78, 5) is 15.3. The van der Waals surface area contributed by atoms with Crippen LogP contribution in [0.1, 0.15) is 90.9 Å². The maximum absolute atomic E-state index is 5.20. The zero-order valence-corrected chi connectivity index (χ0v) is 31.6. The molecule has 3 aromatic heterocycles. The van der Waals surface area contributed by atoms with Gasteiger partial charge in [-0.1, -0.05) is 108 Å². The summed E-state index contributed by atoms with van der Waals surface area (Å²) in [6.45, 7) is 6.47. The number of benzene rings is 2. The third-order valence-corrected chi connectivity index (χ3v) is 7.99. The topological polar surface area (TPSA) is 48.5 Å². The van der Waals surface area contributed by atoms with E-state index in [1.54, 1.807) is 0 Å². The number of halogens is 3. The molecule has 0 fully saturated rings. The van der Waals surface area contributed by atoms with Gasteiger partial charge in [-0.2, -0.15) is 0 Å². The number of aromatic nitrogens is 5. The second kappa shape index (κ2) is 21.5. The average molecular weight is 786 g/mol. The van der Waals surface area contributed by atoms with Crippen molar-refractivity contribution in [2.24, 2.45) is 0 Å². The van der Waals surface area contributed by atoms with Crippen molar-refractivity contribution in [2.75, 3.05) is 0 Å². The van der Waals surface area contributed by atoms with E-state index in [-0.39, 0.29) is 78.1 Å². The van der Waals surface area contributed by atoms with Gasteiger partial charge in [-0.3, -0.25) is 0 Å². The van der Waals surface area contributed by atoms with Crippen LogP contribution in [-0.4, -0.2) is 24.1 Å². The molecule has 0 aliphatic heterocycles. The molecular weight excluding hydrogens is 741 g/mol. The molecule has 0 unspecified atom stereocenters. The number of hydrogen-bond donors (Lipinski definition) is 0. The van der Waals surface area contributed by atoms with Gasteiger partial charge in [0.15, 0.2) is 11.6 Å². The fraction of sp³-hybridized carbons (Fsp3) is 0.457. The van der Waals surface area contributed by atoms with Gasteiger partial charge in [-0.15, -0.1) is 0 Å². The zero-order chi connectivity index (χ0) is 27.6. The standard InChI is InChI=1S/C35H45N5.3ClH.Nd/c1-3-5-7-9-11-17-26-39-32-24-15-13-20-28(32)37-34(39)30-22-19-23-31(36-30)35-38-29-21-14-16-25-33(29)40(35)27-18-12-10-8-6-4-2;;;;/h13-16,19-25H,3-12,17-18,26-27H2,1-2H3;3*1H;/q;;;;+3/p-3. The molecule has 0 bridgehead atoms. The summed E-state index contributed by atoms with van der Waals surface area (Å²) in [5.41, 5.74) is 6.27. The minimum absolute atomic E-state index is 0. The van der Waals surface area contributed by atoms with Crippen LogP contribution < -0.4 is 37.2 Å². The number of unbranched alkanes of at least 4 members (excludes halogenated alkanes) is 10. The molecule has 5 nitrogen and oxygen atoms in total. The van der Waals surface area contributed by atoms with Gasteiger partial charge in [0, 0.05) is 13.1 Å². The maximum Gasteiger partial charge on any atom is 3.00 e. The third kappa shape index (κ3) is 10.4. The first-order valence-electron chi connectivity index (χ1n) is 15.7. The van der Waals surface area contributed by atoms with E-state index in [1.165, 1.54) is 75.2 Å². The van der Waals surface area contributed by atoms with Crippen molar-refractivity contribution in [2.45, 2.75) is 104 Å². The monoisotopic (exact) mass is 782 g/mol. The first-order chi connectivity index (χ1) is 19.8.